The number of hydrogen-bond donors (Lipinski definition) is 0. The monoisotopic (exact) mass is 439 g/mol. The molecule has 1 aliphatic rings. The maximum atomic E-state index is 14.5. The molecule has 1 aliphatic heterocycles. The molecule has 3 heterocycles. The summed E-state index contributed by atoms with van der Waals surface area (Å²) >= 11 is 0. The number of para-hydroxylation sites is 1. The van der Waals surface area contributed by atoms with Crippen molar-refractivity contribution in [2.24, 2.45) is 0 Å². The molecule has 0 aliphatic carbocycles. The molecule has 0 radical (unpaired) electrons. The molecule has 0 atom stereocenters. The Balaban J connectivity index is 1.66. The van der Waals surface area contributed by atoms with Crippen molar-refractivity contribution in [1.29, 1.82) is 0 Å². The largest absolute Gasteiger partial charge is 0.455 e. The summed E-state index contributed by atoms with van der Waals surface area (Å²) in [5, 5.41) is 4.06. The summed E-state index contributed by atoms with van der Waals surface area (Å²) in [5.74, 6) is 0.461. The zero-order chi connectivity index (χ0) is 22.5. The van der Waals surface area contributed by atoms with Gasteiger partial charge >= 0.3 is 0 Å². The Bertz CT molecular complexity index is 1490. The second-order valence-electron chi connectivity index (χ2n) is 9.34. The molecule has 6 rings (SSSR count). The van der Waals surface area contributed by atoms with E-state index in [0.29, 0.717) is 11.8 Å². The lowest BCUT2D eigenvalue weighted by Gasteiger charge is -2.24. The predicted octanol–water partition coefficient (Wildman–Crippen LogP) is 7.96. The lowest BCUT2D eigenvalue weighted by atomic mass is 9.87. The summed E-state index contributed by atoms with van der Waals surface area (Å²) in [6.07, 6.45) is 3.91. The number of rotatable bonds is 3. The Hall–Kier alpha value is -3.24. The molecule has 0 bridgehead atoms. The van der Waals surface area contributed by atoms with Crippen LogP contribution in [0.3, 0.4) is 0 Å². The molecule has 33 heavy (non-hydrogen) atoms. The van der Waals surface area contributed by atoms with E-state index in [1.165, 1.54) is 11.1 Å². The van der Waals surface area contributed by atoms with Crippen LogP contribution in [0.25, 0.3) is 44.0 Å². The fourth-order valence-corrected chi connectivity index (χ4v) is 5.14. The lowest BCUT2D eigenvalue weighted by molar-refractivity contribution is 0.0855. The maximum Gasteiger partial charge on any atom is 0.144 e. The van der Waals surface area contributed by atoms with E-state index < -0.39 is 0 Å². The van der Waals surface area contributed by atoms with Crippen molar-refractivity contribution < 1.29 is 13.5 Å². The molecular formula is C29H26FNO2. The van der Waals surface area contributed by atoms with Crippen molar-refractivity contribution >= 4 is 32.7 Å². The molecule has 0 unspecified atom stereocenters. The van der Waals surface area contributed by atoms with E-state index in [1.807, 2.05) is 30.5 Å². The first-order chi connectivity index (χ1) is 16.1. The van der Waals surface area contributed by atoms with Gasteiger partial charge in [-0.3, -0.25) is 4.98 Å². The van der Waals surface area contributed by atoms with E-state index in [4.69, 9.17) is 14.1 Å². The third-order valence-electron chi connectivity index (χ3n) is 6.96. The molecule has 166 valence electrons. The first kappa shape index (κ1) is 20.4. The summed E-state index contributed by atoms with van der Waals surface area (Å²) in [6.45, 7) is 5.88. The maximum absolute atomic E-state index is 14.5. The quantitative estimate of drug-likeness (QED) is 0.286. The second-order valence-corrected chi connectivity index (χ2v) is 9.34. The van der Waals surface area contributed by atoms with Gasteiger partial charge in [0, 0.05) is 41.1 Å². The van der Waals surface area contributed by atoms with Crippen LogP contribution in [-0.2, 0) is 4.74 Å². The number of aromatic nitrogens is 1. The van der Waals surface area contributed by atoms with Gasteiger partial charge in [0.2, 0.25) is 0 Å². The minimum absolute atomic E-state index is 0.254. The van der Waals surface area contributed by atoms with Gasteiger partial charge in [-0.05, 0) is 71.5 Å². The molecule has 0 saturated carbocycles. The van der Waals surface area contributed by atoms with Crippen LogP contribution >= 0.6 is 0 Å². The van der Waals surface area contributed by atoms with Gasteiger partial charge in [-0.2, -0.15) is 0 Å². The third kappa shape index (κ3) is 3.41. The lowest BCUT2D eigenvalue weighted by Crippen LogP contribution is -2.14. The van der Waals surface area contributed by atoms with Gasteiger partial charge in [0.1, 0.15) is 17.0 Å². The smallest absolute Gasteiger partial charge is 0.144 e. The summed E-state index contributed by atoms with van der Waals surface area (Å²) in [7, 11) is 0. The summed E-state index contributed by atoms with van der Waals surface area (Å²) < 4.78 is 26.4. The molecular weight excluding hydrogens is 413 g/mol. The van der Waals surface area contributed by atoms with Gasteiger partial charge in [-0.1, -0.05) is 38.1 Å². The van der Waals surface area contributed by atoms with Crippen LogP contribution < -0.4 is 0 Å². The molecule has 1 fully saturated rings. The highest BCUT2D eigenvalue weighted by atomic mass is 19.1. The van der Waals surface area contributed by atoms with Crippen LogP contribution in [-0.4, -0.2) is 18.2 Å². The van der Waals surface area contributed by atoms with Crippen molar-refractivity contribution in [3.05, 3.63) is 77.7 Å². The van der Waals surface area contributed by atoms with Gasteiger partial charge in [-0.25, -0.2) is 4.39 Å². The van der Waals surface area contributed by atoms with Crippen molar-refractivity contribution in [2.45, 2.75) is 38.5 Å². The summed E-state index contributed by atoms with van der Waals surface area (Å²) in [4.78, 5) is 4.95. The van der Waals surface area contributed by atoms with E-state index >= 15 is 0 Å². The van der Waals surface area contributed by atoms with Gasteiger partial charge in [0.05, 0.1) is 5.69 Å². The van der Waals surface area contributed by atoms with E-state index in [9.17, 15) is 4.39 Å². The van der Waals surface area contributed by atoms with Crippen molar-refractivity contribution in [3.63, 3.8) is 0 Å². The molecule has 1 saturated heterocycles. The van der Waals surface area contributed by atoms with Crippen LogP contribution in [0.4, 0.5) is 4.39 Å². The highest BCUT2D eigenvalue weighted by Crippen LogP contribution is 2.42. The van der Waals surface area contributed by atoms with Gasteiger partial charge in [0.25, 0.3) is 0 Å². The van der Waals surface area contributed by atoms with Crippen LogP contribution in [0.1, 0.15) is 49.7 Å². The van der Waals surface area contributed by atoms with Gasteiger partial charge in [-0.15, -0.1) is 0 Å². The Morgan fingerprint density at radius 2 is 1.73 bits per heavy atom. The molecule has 0 N–H and O–H groups in total. The average Bonchev–Trinajstić information content (AvgIpc) is 3.22. The standard InChI is InChI=1S/C29H26FNO2/c1-17(2)19-13-24-22-5-3-4-6-27(22)33-29(24)25(14-19)28-23-15-20(30)7-8-21(23)26(16-31-28)18-9-11-32-12-10-18/h3-8,13-18H,9-12H2,1-2H3. The van der Waals surface area contributed by atoms with Crippen LogP contribution in [0.15, 0.2) is 65.2 Å². The zero-order valence-corrected chi connectivity index (χ0v) is 18.9. The third-order valence-corrected chi connectivity index (χ3v) is 6.96. The molecule has 0 amide bonds. The number of hydrogen-bond acceptors (Lipinski definition) is 3. The highest BCUT2D eigenvalue weighted by molar-refractivity contribution is 6.12. The number of benzene rings is 3. The Labute approximate surface area is 192 Å². The fraction of sp³-hybridized carbons (Fsp3) is 0.276. The van der Waals surface area contributed by atoms with Crippen LogP contribution in [0.2, 0.25) is 0 Å². The minimum Gasteiger partial charge on any atom is -0.455 e. The van der Waals surface area contributed by atoms with E-state index in [0.717, 1.165) is 70.0 Å². The minimum atomic E-state index is -0.254. The molecule has 3 nitrogen and oxygen atoms in total. The topological polar surface area (TPSA) is 35.3 Å². The van der Waals surface area contributed by atoms with Crippen molar-refractivity contribution in [1.82, 2.24) is 4.98 Å². The summed E-state index contributed by atoms with van der Waals surface area (Å²) in [5.41, 5.74) is 5.73. The molecule has 3 aromatic carbocycles. The molecule has 0 spiro atoms. The Kier molecular flexibility index (Phi) is 4.92. The number of ether oxygens (including phenoxy) is 1. The van der Waals surface area contributed by atoms with Crippen LogP contribution in [0.5, 0.6) is 0 Å². The first-order valence-corrected chi connectivity index (χ1v) is 11.7. The number of fused-ring (bicyclic) bond motifs is 4. The van der Waals surface area contributed by atoms with Crippen molar-refractivity contribution in [3.8, 4) is 11.3 Å². The molecule has 5 aromatic rings. The number of pyridine rings is 1. The van der Waals surface area contributed by atoms with E-state index in [-0.39, 0.29) is 5.82 Å². The predicted molar refractivity (Wildman–Crippen MR) is 131 cm³/mol. The van der Waals surface area contributed by atoms with Crippen molar-refractivity contribution in [2.75, 3.05) is 13.2 Å². The Morgan fingerprint density at radius 1 is 0.909 bits per heavy atom. The SMILES string of the molecule is CC(C)c1cc(-c2ncc(C3CCOCC3)c3ccc(F)cc23)c2oc3ccccc3c2c1. The second kappa shape index (κ2) is 7.96. The zero-order valence-electron chi connectivity index (χ0n) is 18.9. The number of halogens is 1. The molecule has 2 aromatic heterocycles. The molecule has 4 heteroatoms. The van der Waals surface area contributed by atoms with Gasteiger partial charge in [0.15, 0.2) is 0 Å². The van der Waals surface area contributed by atoms with E-state index in [2.05, 4.69) is 32.0 Å². The number of nitrogens with zero attached hydrogens (tertiary/aromatic N) is 1. The normalized spacial score (nSPS) is 15.3. The summed E-state index contributed by atoms with van der Waals surface area (Å²) in [6, 6.07) is 17.6. The highest BCUT2D eigenvalue weighted by Gasteiger charge is 2.23. The Morgan fingerprint density at radius 3 is 2.55 bits per heavy atom. The first-order valence-electron chi connectivity index (χ1n) is 11.7. The van der Waals surface area contributed by atoms with E-state index in [1.54, 1.807) is 12.1 Å². The fourth-order valence-electron chi connectivity index (χ4n) is 5.14. The van der Waals surface area contributed by atoms with Gasteiger partial charge < -0.3 is 9.15 Å². The average molecular weight is 440 g/mol. The van der Waals surface area contributed by atoms with Crippen LogP contribution in [0, 0.1) is 5.82 Å². The number of furan rings is 1.